The fourth-order valence-corrected chi connectivity index (χ4v) is 4.44. The Balaban J connectivity index is 0.000000411. The molecule has 2 N–H and O–H groups in total. The number of carbonyl (C=O) groups excluding carboxylic acids is 1. The molecular formula is C23H32F3N5OS2. The minimum atomic E-state index is -4.39. The maximum atomic E-state index is 12.2. The molecule has 0 aliphatic rings. The standard InChI is InChI=1S/C16H20N4S2.C7H12F3NO/c1-5-15-20-12(3)16(22-15)13(17-4)9-21-10-19-14-7-6-11(2)8-18-14;1-6(2,3)5(11-4-12)7(8,9)10/h6-9H,4-5,10H2,1-3H3,(H,18,19);4-5H,1-3H3,(H,11,12)/b13-9-;/t;5-/m.0/s1. The third kappa shape index (κ3) is 9.84. The van der Waals surface area contributed by atoms with E-state index in [2.05, 4.69) is 33.9 Å². The van der Waals surface area contributed by atoms with Crippen LogP contribution in [0, 0.1) is 19.3 Å². The van der Waals surface area contributed by atoms with Gasteiger partial charge in [0, 0.05) is 6.20 Å². The number of anilines is 1. The summed E-state index contributed by atoms with van der Waals surface area (Å²) in [4.78, 5) is 24.0. The molecule has 0 aromatic carbocycles. The molecule has 2 heterocycles. The SMILES string of the molecule is C=N/C(=C\SCNc1ccc(C)cn1)c1sc(CC)nc1C.CC(C)(C)[C@H](NC=O)C(F)(F)F. The smallest absolute Gasteiger partial charge is 0.361 e. The minimum Gasteiger partial charge on any atom is -0.361 e. The van der Waals surface area contributed by atoms with Crippen LogP contribution in [0.4, 0.5) is 19.0 Å². The number of thiazole rings is 1. The summed E-state index contributed by atoms with van der Waals surface area (Å²) in [6.07, 6.45) is -1.52. The number of nitrogens with one attached hydrogen (secondary N) is 2. The first-order valence-corrected chi connectivity index (χ1v) is 12.4. The monoisotopic (exact) mass is 515 g/mol. The number of aliphatic imine (C=N–C) groups is 1. The molecule has 0 saturated carbocycles. The van der Waals surface area contributed by atoms with Gasteiger partial charge in [0.1, 0.15) is 11.9 Å². The van der Waals surface area contributed by atoms with Crippen LogP contribution in [0.1, 0.15) is 48.8 Å². The van der Waals surface area contributed by atoms with Gasteiger partial charge in [0.15, 0.2) is 0 Å². The predicted octanol–water partition coefficient (Wildman–Crippen LogP) is 6.23. The Kier molecular flexibility index (Phi) is 11.7. The van der Waals surface area contributed by atoms with Gasteiger partial charge in [-0.3, -0.25) is 9.79 Å². The zero-order chi connectivity index (χ0) is 25.9. The summed E-state index contributed by atoms with van der Waals surface area (Å²) in [5.74, 6) is 1.61. The van der Waals surface area contributed by atoms with Crippen molar-refractivity contribution in [3.63, 3.8) is 0 Å². The van der Waals surface area contributed by atoms with E-state index in [-0.39, 0.29) is 6.41 Å². The predicted molar refractivity (Wildman–Crippen MR) is 137 cm³/mol. The highest BCUT2D eigenvalue weighted by Gasteiger charge is 2.46. The summed E-state index contributed by atoms with van der Waals surface area (Å²) < 4.78 is 36.5. The zero-order valence-corrected chi connectivity index (χ0v) is 21.9. The highest BCUT2D eigenvalue weighted by atomic mass is 32.2. The maximum absolute atomic E-state index is 12.2. The van der Waals surface area contributed by atoms with Gasteiger partial charge in [0.05, 0.1) is 27.2 Å². The number of thioether (sulfide) groups is 1. The molecule has 2 aromatic rings. The Labute approximate surface area is 207 Å². The fraction of sp³-hybridized carbons (Fsp3) is 0.478. The Morgan fingerprint density at radius 3 is 2.38 bits per heavy atom. The van der Waals surface area contributed by atoms with E-state index in [1.54, 1.807) is 28.4 Å². The number of hydrogen-bond acceptors (Lipinski definition) is 7. The number of halogens is 3. The summed E-state index contributed by atoms with van der Waals surface area (Å²) in [7, 11) is 0. The van der Waals surface area contributed by atoms with Gasteiger partial charge < -0.3 is 10.6 Å². The third-order valence-corrected chi connectivity index (χ3v) is 6.44. The molecule has 34 heavy (non-hydrogen) atoms. The van der Waals surface area contributed by atoms with Crippen molar-refractivity contribution in [2.45, 2.75) is 60.2 Å². The van der Waals surface area contributed by atoms with Crippen molar-refractivity contribution < 1.29 is 18.0 Å². The van der Waals surface area contributed by atoms with Crippen LogP contribution in [-0.4, -0.2) is 41.2 Å². The van der Waals surface area contributed by atoms with Crippen LogP contribution in [0.3, 0.4) is 0 Å². The van der Waals surface area contributed by atoms with E-state index in [4.69, 9.17) is 0 Å². The first-order valence-electron chi connectivity index (χ1n) is 10.5. The molecule has 0 aliphatic carbocycles. The van der Waals surface area contributed by atoms with Crippen molar-refractivity contribution in [2.75, 3.05) is 11.2 Å². The summed E-state index contributed by atoms with van der Waals surface area (Å²) >= 11 is 3.33. The van der Waals surface area contributed by atoms with Crippen molar-refractivity contribution in [3.8, 4) is 0 Å². The lowest BCUT2D eigenvalue weighted by Gasteiger charge is -2.31. The molecule has 0 saturated heterocycles. The van der Waals surface area contributed by atoms with Gasteiger partial charge in [-0.1, -0.05) is 33.8 Å². The lowest BCUT2D eigenvalue weighted by molar-refractivity contribution is -0.178. The summed E-state index contributed by atoms with van der Waals surface area (Å²) in [5.41, 5.74) is 2.05. The number of amides is 1. The van der Waals surface area contributed by atoms with Gasteiger partial charge in [-0.25, -0.2) is 9.97 Å². The van der Waals surface area contributed by atoms with E-state index in [1.807, 2.05) is 37.6 Å². The lowest BCUT2D eigenvalue weighted by Crippen LogP contribution is -2.50. The van der Waals surface area contributed by atoms with Crippen molar-refractivity contribution in [2.24, 2.45) is 10.4 Å². The van der Waals surface area contributed by atoms with Gasteiger partial charge in [-0.15, -0.1) is 23.1 Å². The van der Waals surface area contributed by atoms with E-state index >= 15 is 0 Å². The number of alkyl halides is 3. The number of nitrogens with zero attached hydrogens (tertiary/aromatic N) is 3. The average molecular weight is 516 g/mol. The molecule has 2 rings (SSSR count). The molecular weight excluding hydrogens is 483 g/mol. The second-order valence-corrected chi connectivity index (χ2v) is 10.3. The van der Waals surface area contributed by atoms with E-state index in [1.165, 1.54) is 20.8 Å². The first kappa shape index (κ1) is 29.6. The Morgan fingerprint density at radius 1 is 1.29 bits per heavy atom. The molecule has 1 atom stereocenters. The van der Waals surface area contributed by atoms with Crippen LogP contribution < -0.4 is 10.6 Å². The normalized spacial score (nSPS) is 12.9. The molecule has 0 radical (unpaired) electrons. The molecule has 0 spiro atoms. The summed E-state index contributed by atoms with van der Waals surface area (Å²) in [6, 6.07) is 2.23. The van der Waals surface area contributed by atoms with E-state index in [0.29, 0.717) is 0 Å². The fourth-order valence-electron chi connectivity index (χ4n) is 2.72. The third-order valence-electron chi connectivity index (χ3n) is 4.42. The summed E-state index contributed by atoms with van der Waals surface area (Å²) in [5, 5.41) is 8.18. The zero-order valence-electron chi connectivity index (χ0n) is 20.3. The molecule has 0 fully saturated rings. The van der Waals surface area contributed by atoms with Gasteiger partial charge in [-0.2, -0.15) is 13.2 Å². The number of aromatic nitrogens is 2. The number of carbonyl (C=O) groups is 1. The molecule has 0 bridgehead atoms. The van der Waals surface area contributed by atoms with E-state index < -0.39 is 17.6 Å². The van der Waals surface area contributed by atoms with Gasteiger partial charge >= 0.3 is 6.18 Å². The summed E-state index contributed by atoms with van der Waals surface area (Å²) in [6.45, 7) is 14.1. The molecule has 0 aliphatic heterocycles. The largest absolute Gasteiger partial charge is 0.409 e. The number of rotatable bonds is 9. The van der Waals surface area contributed by atoms with E-state index in [0.717, 1.165) is 45.0 Å². The second kappa shape index (κ2) is 13.5. The van der Waals surface area contributed by atoms with E-state index in [9.17, 15) is 18.0 Å². The number of pyridine rings is 1. The molecule has 188 valence electrons. The van der Waals surface area contributed by atoms with Crippen molar-refractivity contribution >= 4 is 47.7 Å². The quantitative estimate of drug-likeness (QED) is 0.179. The number of hydrogen-bond donors (Lipinski definition) is 2. The molecule has 1 amide bonds. The molecule has 2 aromatic heterocycles. The van der Waals surface area contributed by atoms with Crippen molar-refractivity contribution in [3.05, 3.63) is 44.9 Å². The van der Waals surface area contributed by atoms with Gasteiger partial charge in [-0.05, 0) is 49.4 Å². The second-order valence-electron chi connectivity index (χ2n) is 8.37. The van der Waals surface area contributed by atoms with Crippen LogP contribution >= 0.6 is 23.1 Å². The van der Waals surface area contributed by atoms with Crippen LogP contribution in [0.2, 0.25) is 0 Å². The van der Waals surface area contributed by atoms with Crippen molar-refractivity contribution in [1.82, 2.24) is 15.3 Å². The van der Waals surface area contributed by atoms with Crippen LogP contribution in [0.15, 0.2) is 28.7 Å². The van der Waals surface area contributed by atoms with Crippen LogP contribution in [0.25, 0.3) is 5.70 Å². The maximum Gasteiger partial charge on any atom is 0.409 e. The van der Waals surface area contributed by atoms with Crippen LogP contribution in [-0.2, 0) is 11.2 Å². The van der Waals surface area contributed by atoms with Crippen LogP contribution in [0.5, 0.6) is 0 Å². The van der Waals surface area contributed by atoms with Crippen molar-refractivity contribution in [1.29, 1.82) is 0 Å². The van der Waals surface area contributed by atoms with Gasteiger partial charge in [0.25, 0.3) is 0 Å². The Hall–Kier alpha value is -2.40. The molecule has 0 unspecified atom stereocenters. The average Bonchev–Trinajstić information content (AvgIpc) is 3.13. The topological polar surface area (TPSA) is 79.3 Å². The first-order chi connectivity index (χ1) is 15.8. The lowest BCUT2D eigenvalue weighted by atomic mass is 9.86. The number of aryl methyl sites for hydroxylation is 3. The Bertz CT molecular complexity index is 937. The molecule has 11 heteroatoms. The van der Waals surface area contributed by atoms with Gasteiger partial charge in [0.2, 0.25) is 6.41 Å². The highest BCUT2D eigenvalue weighted by molar-refractivity contribution is 8.02. The highest BCUT2D eigenvalue weighted by Crippen LogP contribution is 2.32. The minimum absolute atomic E-state index is 0.0728. The molecule has 6 nitrogen and oxygen atoms in total. The Morgan fingerprint density at radius 2 is 1.97 bits per heavy atom.